The second kappa shape index (κ2) is 4.95. The molecule has 0 unspecified atom stereocenters. The topological polar surface area (TPSA) is 48.1 Å². The highest BCUT2D eigenvalue weighted by molar-refractivity contribution is 5.40. The number of nitrogens with zero attached hydrogens (tertiary/aromatic N) is 1. The number of hydrogen-bond donors (Lipinski definition) is 1. The highest BCUT2D eigenvalue weighted by atomic mass is 19.4. The summed E-state index contributed by atoms with van der Waals surface area (Å²) in [6, 6.07) is 3.46. The lowest BCUT2D eigenvalue weighted by Crippen LogP contribution is -2.07. The molecule has 0 amide bonds. The first-order chi connectivity index (χ1) is 9.25. The van der Waals surface area contributed by atoms with Crippen LogP contribution in [0.5, 0.6) is 11.6 Å². The Morgan fingerprint density at radius 1 is 1.05 bits per heavy atom. The van der Waals surface area contributed by atoms with Crippen molar-refractivity contribution in [3.63, 3.8) is 0 Å². The van der Waals surface area contributed by atoms with E-state index in [1.54, 1.807) is 0 Å². The number of nitrogen functional groups attached to an aromatic ring is 1. The summed E-state index contributed by atoms with van der Waals surface area (Å²) in [5, 5.41) is 0. The fourth-order valence-corrected chi connectivity index (χ4v) is 1.41. The minimum Gasteiger partial charge on any atom is -0.436 e. The van der Waals surface area contributed by atoms with Crippen LogP contribution >= 0.6 is 0 Å². The van der Waals surface area contributed by atoms with E-state index in [1.165, 1.54) is 0 Å². The van der Waals surface area contributed by atoms with Crippen molar-refractivity contribution in [1.82, 2.24) is 4.98 Å². The number of anilines is 1. The number of nitrogens with two attached hydrogens (primary N) is 1. The van der Waals surface area contributed by atoms with Gasteiger partial charge in [0.2, 0.25) is 5.88 Å². The molecule has 0 radical (unpaired) electrons. The van der Waals surface area contributed by atoms with Crippen LogP contribution in [0.4, 0.5) is 27.8 Å². The fourth-order valence-electron chi connectivity index (χ4n) is 1.41. The number of halogens is 5. The summed E-state index contributed by atoms with van der Waals surface area (Å²) in [5.74, 6) is -3.37. The van der Waals surface area contributed by atoms with Gasteiger partial charge in [-0.3, -0.25) is 0 Å². The number of alkyl halides is 3. The maximum absolute atomic E-state index is 13.3. The Morgan fingerprint density at radius 3 is 2.40 bits per heavy atom. The molecule has 20 heavy (non-hydrogen) atoms. The quantitative estimate of drug-likeness (QED) is 0.857. The van der Waals surface area contributed by atoms with Gasteiger partial charge in [0.25, 0.3) is 0 Å². The van der Waals surface area contributed by atoms with Crippen LogP contribution in [0.1, 0.15) is 5.56 Å². The maximum atomic E-state index is 13.3. The van der Waals surface area contributed by atoms with Gasteiger partial charge in [0.1, 0.15) is 11.6 Å². The maximum Gasteiger partial charge on any atom is 0.416 e. The van der Waals surface area contributed by atoms with Crippen molar-refractivity contribution in [2.45, 2.75) is 6.18 Å². The second-order valence-electron chi connectivity index (χ2n) is 3.79. The number of pyridine rings is 1. The van der Waals surface area contributed by atoms with E-state index in [0.717, 1.165) is 12.1 Å². The SMILES string of the molecule is Nc1cc(C(F)(F)F)cc(Oc2cc(F)ccc2F)n1. The number of aromatic nitrogens is 1. The minimum atomic E-state index is -4.66. The molecule has 1 aromatic heterocycles. The van der Waals surface area contributed by atoms with E-state index in [4.69, 9.17) is 10.5 Å². The van der Waals surface area contributed by atoms with Gasteiger partial charge in [0, 0.05) is 12.1 Å². The first kappa shape index (κ1) is 14.0. The van der Waals surface area contributed by atoms with Crippen LogP contribution in [-0.2, 0) is 6.18 Å². The summed E-state index contributed by atoms with van der Waals surface area (Å²) in [5.41, 5.74) is 4.12. The average molecular weight is 290 g/mol. The number of hydrogen-bond acceptors (Lipinski definition) is 3. The normalized spacial score (nSPS) is 11.4. The third-order valence-electron chi connectivity index (χ3n) is 2.26. The Hall–Kier alpha value is -2.38. The van der Waals surface area contributed by atoms with Gasteiger partial charge in [0.05, 0.1) is 5.56 Å². The molecule has 0 atom stereocenters. The molecule has 3 nitrogen and oxygen atoms in total. The second-order valence-corrected chi connectivity index (χ2v) is 3.79. The van der Waals surface area contributed by atoms with Crippen molar-refractivity contribution >= 4 is 5.82 Å². The van der Waals surface area contributed by atoms with Crippen molar-refractivity contribution in [3.8, 4) is 11.6 Å². The van der Waals surface area contributed by atoms with E-state index < -0.39 is 40.8 Å². The van der Waals surface area contributed by atoms with Gasteiger partial charge in [-0.05, 0) is 18.2 Å². The third kappa shape index (κ3) is 3.14. The molecule has 0 aliphatic heterocycles. The van der Waals surface area contributed by atoms with Gasteiger partial charge in [-0.15, -0.1) is 0 Å². The predicted molar refractivity (Wildman–Crippen MR) is 60.1 cm³/mol. The van der Waals surface area contributed by atoms with Crippen molar-refractivity contribution < 1.29 is 26.7 Å². The van der Waals surface area contributed by atoms with Crippen LogP contribution in [0.15, 0.2) is 30.3 Å². The predicted octanol–water partition coefficient (Wildman–Crippen LogP) is 3.75. The Bertz CT molecular complexity index is 642. The molecule has 106 valence electrons. The summed E-state index contributed by atoms with van der Waals surface area (Å²) in [7, 11) is 0. The van der Waals surface area contributed by atoms with E-state index in [-0.39, 0.29) is 0 Å². The summed E-state index contributed by atoms with van der Waals surface area (Å²) in [4.78, 5) is 3.48. The summed E-state index contributed by atoms with van der Waals surface area (Å²) in [6.07, 6.45) is -4.66. The van der Waals surface area contributed by atoms with Crippen molar-refractivity contribution in [2.75, 3.05) is 5.73 Å². The smallest absolute Gasteiger partial charge is 0.416 e. The lowest BCUT2D eigenvalue weighted by molar-refractivity contribution is -0.137. The minimum absolute atomic E-state index is 0.452. The van der Waals surface area contributed by atoms with Gasteiger partial charge in [-0.25, -0.2) is 8.78 Å². The zero-order valence-corrected chi connectivity index (χ0v) is 9.71. The highest BCUT2D eigenvalue weighted by Crippen LogP contribution is 2.33. The van der Waals surface area contributed by atoms with Gasteiger partial charge in [0.15, 0.2) is 11.6 Å². The van der Waals surface area contributed by atoms with Crippen LogP contribution in [0.3, 0.4) is 0 Å². The molecule has 0 bridgehead atoms. The molecule has 8 heteroatoms. The molecule has 2 N–H and O–H groups in total. The lowest BCUT2D eigenvalue weighted by Gasteiger charge is -2.11. The molecule has 0 aliphatic rings. The molecule has 0 fully saturated rings. The van der Waals surface area contributed by atoms with Gasteiger partial charge in [-0.2, -0.15) is 18.2 Å². The number of rotatable bonds is 2. The van der Waals surface area contributed by atoms with Gasteiger partial charge < -0.3 is 10.5 Å². The molecule has 0 saturated heterocycles. The monoisotopic (exact) mass is 290 g/mol. The van der Waals surface area contributed by atoms with Crippen molar-refractivity contribution in [1.29, 1.82) is 0 Å². The summed E-state index contributed by atoms with van der Waals surface area (Å²) < 4.78 is 68.7. The van der Waals surface area contributed by atoms with Crippen LogP contribution in [0.2, 0.25) is 0 Å². The molecule has 0 saturated carbocycles. The van der Waals surface area contributed by atoms with Crippen molar-refractivity contribution in [3.05, 3.63) is 47.5 Å². The highest BCUT2D eigenvalue weighted by Gasteiger charge is 2.31. The van der Waals surface area contributed by atoms with Crippen LogP contribution < -0.4 is 10.5 Å². The Kier molecular flexibility index (Phi) is 3.47. The Labute approximate surface area is 109 Å². The van der Waals surface area contributed by atoms with Crippen LogP contribution in [-0.4, -0.2) is 4.98 Å². The van der Waals surface area contributed by atoms with Gasteiger partial charge >= 0.3 is 6.18 Å². The zero-order valence-electron chi connectivity index (χ0n) is 9.71. The summed E-state index contributed by atoms with van der Waals surface area (Å²) >= 11 is 0. The molecule has 0 aliphatic carbocycles. The number of benzene rings is 1. The van der Waals surface area contributed by atoms with E-state index in [2.05, 4.69) is 4.98 Å². The van der Waals surface area contributed by atoms with E-state index in [9.17, 15) is 22.0 Å². The first-order valence-corrected chi connectivity index (χ1v) is 5.23. The molecule has 2 aromatic rings. The summed E-state index contributed by atoms with van der Waals surface area (Å²) in [6.45, 7) is 0. The van der Waals surface area contributed by atoms with Crippen LogP contribution in [0.25, 0.3) is 0 Å². The average Bonchev–Trinajstić information content (AvgIpc) is 2.32. The van der Waals surface area contributed by atoms with Crippen molar-refractivity contribution in [2.24, 2.45) is 0 Å². The fraction of sp³-hybridized carbons (Fsp3) is 0.0833. The third-order valence-corrected chi connectivity index (χ3v) is 2.26. The lowest BCUT2D eigenvalue weighted by atomic mass is 10.2. The van der Waals surface area contributed by atoms with Crippen LogP contribution in [0, 0.1) is 11.6 Å². The molecule has 1 heterocycles. The molecule has 0 spiro atoms. The van der Waals surface area contributed by atoms with E-state index in [1.807, 2.05) is 0 Å². The van der Waals surface area contributed by atoms with E-state index >= 15 is 0 Å². The molecular weight excluding hydrogens is 283 g/mol. The molecular formula is C12H7F5N2O. The zero-order chi connectivity index (χ0) is 14.9. The first-order valence-electron chi connectivity index (χ1n) is 5.23. The number of ether oxygens (including phenoxy) is 1. The molecule has 1 aromatic carbocycles. The van der Waals surface area contributed by atoms with Gasteiger partial charge in [-0.1, -0.05) is 0 Å². The van der Waals surface area contributed by atoms with E-state index in [0.29, 0.717) is 18.2 Å². The standard InChI is InChI=1S/C12H7F5N2O/c13-7-1-2-8(14)9(5-7)20-11-4-6(12(15,16)17)3-10(18)19-11/h1-5H,(H2,18,19). The Balaban J connectivity index is 2.39. The largest absolute Gasteiger partial charge is 0.436 e. The Morgan fingerprint density at radius 2 is 1.75 bits per heavy atom. The molecule has 2 rings (SSSR count).